The molecule has 0 radical (unpaired) electrons. The van der Waals surface area contributed by atoms with E-state index in [2.05, 4.69) is 17.1 Å². The van der Waals surface area contributed by atoms with Gasteiger partial charge in [0.25, 0.3) is 5.91 Å². The second-order valence-corrected chi connectivity index (χ2v) is 7.05. The molecule has 2 aliphatic heterocycles. The fourth-order valence-electron chi connectivity index (χ4n) is 4.24. The average molecular weight is 360 g/mol. The van der Waals surface area contributed by atoms with Crippen molar-refractivity contribution < 1.29 is 14.3 Å². The number of ether oxygens (including phenoxy) is 2. The molecule has 0 aliphatic carbocycles. The number of hydrogen-bond acceptors (Lipinski definition) is 4. The van der Waals surface area contributed by atoms with Crippen molar-refractivity contribution in [1.29, 1.82) is 0 Å². The van der Waals surface area contributed by atoms with Crippen molar-refractivity contribution in [1.82, 2.24) is 9.88 Å². The lowest BCUT2D eigenvalue weighted by Crippen LogP contribution is -2.53. The summed E-state index contributed by atoms with van der Waals surface area (Å²) in [6, 6.07) is 19.8. The van der Waals surface area contributed by atoms with Crippen LogP contribution in [0.5, 0.6) is 0 Å². The summed E-state index contributed by atoms with van der Waals surface area (Å²) in [6.07, 6.45) is 2.27. The summed E-state index contributed by atoms with van der Waals surface area (Å²) < 4.78 is 11.9. The molecule has 5 heteroatoms. The lowest BCUT2D eigenvalue weighted by molar-refractivity contribution is -0.0438. The minimum absolute atomic E-state index is 0.00328. The van der Waals surface area contributed by atoms with Gasteiger partial charge in [0.1, 0.15) is 18.5 Å². The van der Waals surface area contributed by atoms with E-state index in [1.54, 1.807) is 6.20 Å². The van der Waals surface area contributed by atoms with Crippen molar-refractivity contribution in [2.24, 2.45) is 0 Å². The number of benzene rings is 2. The highest BCUT2D eigenvalue weighted by Crippen LogP contribution is 2.42. The van der Waals surface area contributed by atoms with Gasteiger partial charge in [0.05, 0.1) is 17.6 Å². The van der Waals surface area contributed by atoms with Crippen LogP contribution in [0.25, 0.3) is 10.9 Å². The highest BCUT2D eigenvalue weighted by atomic mass is 16.7. The molecule has 2 saturated heterocycles. The zero-order chi connectivity index (χ0) is 18.3. The van der Waals surface area contributed by atoms with Crippen molar-refractivity contribution in [3.8, 4) is 0 Å². The van der Waals surface area contributed by atoms with Gasteiger partial charge >= 0.3 is 0 Å². The van der Waals surface area contributed by atoms with E-state index in [-0.39, 0.29) is 18.8 Å². The molecule has 1 aromatic heterocycles. The first-order valence-corrected chi connectivity index (χ1v) is 9.22. The van der Waals surface area contributed by atoms with E-state index < -0.39 is 5.60 Å². The zero-order valence-corrected chi connectivity index (χ0v) is 14.9. The Morgan fingerprint density at radius 3 is 2.81 bits per heavy atom. The molecule has 136 valence electrons. The maximum atomic E-state index is 13.2. The fraction of sp³-hybridized carbons (Fsp3) is 0.273. The van der Waals surface area contributed by atoms with Gasteiger partial charge in [0.15, 0.2) is 0 Å². The van der Waals surface area contributed by atoms with Crippen molar-refractivity contribution in [2.75, 3.05) is 19.9 Å². The topological polar surface area (TPSA) is 51.7 Å². The molecule has 2 aromatic carbocycles. The van der Waals surface area contributed by atoms with Gasteiger partial charge in [-0.25, -0.2) is 0 Å². The van der Waals surface area contributed by atoms with Gasteiger partial charge in [-0.3, -0.25) is 9.78 Å². The van der Waals surface area contributed by atoms with Crippen LogP contribution in [-0.2, 0) is 15.1 Å². The van der Waals surface area contributed by atoms with Gasteiger partial charge in [-0.15, -0.1) is 0 Å². The predicted octanol–water partition coefficient (Wildman–Crippen LogP) is 3.35. The molecule has 2 aliphatic rings. The largest absolute Gasteiger partial charge is 0.347 e. The van der Waals surface area contributed by atoms with Crippen LogP contribution in [0.3, 0.4) is 0 Å². The van der Waals surface area contributed by atoms with Crippen LogP contribution < -0.4 is 0 Å². The van der Waals surface area contributed by atoms with Crippen LogP contribution in [0.4, 0.5) is 0 Å². The number of carbonyl (C=O) groups excluding carboxylic acids is 1. The van der Waals surface area contributed by atoms with Gasteiger partial charge in [0, 0.05) is 24.5 Å². The second-order valence-electron chi connectivity index (χ2n) is 7.05. The molecule has 3 aromatic rings. The summed E-state index contributed by atoms with van der Waals surface area (Å²) in [6.45, 7) is 1.39. The standard InChI is InChI=1S/C22H20N2O3/c25-21(18-10-4-6-16-7-5-12-23-20(16)18)24-13-11-22(17-8-2-1-3-9-17)19(14-24)26-15-27-22/h1-10,12,19H,11,13-15H2/t19?,22-/m0/s1. The van der Waals surface area contributed by atoms with Gasteiger partial charge < -0.3 is 14.4 Å². The molecule has 0 N–H and O–H groups in total. The van der Waals surface area contributed by atoms with Crippen LogP contribution in [-0.4, -0.2) is 41.8 Å². The third kappa shape index (κ3) is 2.62. The molecular formula is C22H20N2O3. The number of pyridine rings is 1. The Balaban J connectivity index is 1.45. The maximum absolute atomic E-state index is 13.2. The number of piperidine rings is 1. The van der Waals surface area contributed by atoms with Crippen molar-refractivity contribution >= 4 is 16.8 Å². The number of amides is 1. The van der Waals surface area contributed by atoms with Gasteiger partial charge in [-0.05, 0) is 17.7 Å². The van der Waals surface area contributed by atoms with E-state index in [1.807, 2.05) is 53.4 Å². The first kappa shape index (κ1) is 16.4. The van der Waals surface area contributed by atoms with Crippen LogP contribution >= 0.6 is 0 Å². The molecule has 0 spiro atoms. The molecule has 0 saturated carbocycles. The monoisotopic (exact) mass is 360 g/mol. The number of hydrogen-bond donors (Lipinski definition) is 0. The number of fused-ring (bicyclic) bond motifs is 2. The highest BCUT2D eigenvalue weighted by molar-refractivity contribution is 6.05. The maximum Gasteiger partial charge on any atom is 0.256 e. The van der Waals surface area contributed by atoms with Crippen LogP contribution in [0.1, 0.15) is 22.3 Å². The molecule has 27 heavy (non-hydrogen) atoms. The smallest absolute Gasteiger partial charge is 0.256 e. The summed E-state index contributed by atoms with van der Waals surface area (Å²) in [5, 5.41) is 0.972. The molecular weight excluding hydrogens is 340 g/mol. The summed E-state index contributed by atoms with van der Waals surface area (Å²) in [5.74, 6) is -0.00328. The minimum Gasteiger partial charge on any atom is -0.347 e. The fourth-order valence-corrected chi connectivity index (χ4v) is 4.24. The Morgan fingerprint density at radius 2 is 1.93 bits per heavy atom. The van der Waals surface area contributed by atoms with Gasteiger partial charge in [-0.2, -0.15) is 0 Å². The van der Waals surface area contributed by atoms with Gasteiger partial charge in [0.2, 0.25) is 0 Å². The first-order chi connectivity index (χ1) is 13.3. The Labute approximate surface area is 157 Å². The van der Waals surface area contributed by atoms with Crippen molar-refractivity contribution in [2.45, 2.75) is 18.1 Å². The summed E-state index contributed by atoms with van der Waals surface area (Å²) in [7, 11) is 0. The molecule has 3 heterocycles. The molecule has 0 bridgehead atoms. The van der Waals surface area contributed by atoms with Crippen LogP contribution in [0.2, 0.25) is 0 Å². The van der Waals surface area contributed by atoms with Crippen molar-refractivity contribution in [3.05, 3.63) is 78.0 Å². The molecule has 5 nitrogen and oxygen atoms in total. The van der Waals surface area contributed by atoms with E-state index in [4.69, 9.17) is 9.47 Å². The zero-order valence-electron chi connectivity index (χ0n) is 14.9. The summed E-state index contributed by atoms with van der Waals surface area (Å²) >= 11 is 0. The lowest BCUT2D eigenvalue weighted by atomic mass is 9.82. The average Bonchev–Trinajstić information content (AvgIpc) is 3.18. The molecule has 1 amide bonds. The number of nitrogens with zero attached hydrogens (tertiary/aromatic N) is 2. The normalized spacial score (nSPS) is 24.7. The summed E-state index contributed by atoms with van der Waals surface area (Å²) in [5.41, 5.74) is 2.04. The third-order valence-electron chi connectivity index (χ3n) is 5.66. The SMILES string of the molecule is O=C(c1cccc2cccnc12)N1CC[C@@]2(c3ccccc3)OCOC2C1. The van der Waals surface area contributed by atoms with Crippen LogP contribution in [0.15, 0.2) is 66.9 Å². The van der Waals surface area contributed by atoms with Crippen molar-refractivity contribution in [3.63, 3.8) is 0 Å². The Morgan fingerprint density at radius 1 is 1.07 bits per heavy atom. The number of rotatable bonds is 2. The van der Waals surface area contributed by atoms with E-state index >= 15 is 0 Å². The Kier molecular flexibility index (Phi) is 3.92. The van der Waals surface area contributed by atoms with E-state index in [0.717, 1.165) is 16.5 Å². The molecule has 5 rings (SSSR count). The van der Waals surface area contributed by atoms with E-state index in [0.29, 0.717) is 25.1 Å². The number of para-hydroxylation sites is 1. The lowest BCUT2D eigenvalue weighted by Gasteiger charge is -2.42. The minimum atomic E-state index is -0.463. The highest BCUT2D eigenvalue weighted by Gasteiger charge is 2.51. The predicted molar refractivity (Wildman–Crippen MR) is 101 cm³/mol. The Bertz CT molecular complexity index is 986. The number of carbonyl (C=O) groups is 1. The quantitative estimate of drug-likeness (QED) is 0.703. The van der Waals surface area contributed by atoms with E-state index in [1.165, 1.54) is 0 Å². The van der Waals surface area contributed by atoms with E-state index in [9.17, 15) is 4.79 Å². The first-order valence-electron chi connectivity index (χ1n) is 9.22. The molecule has 2 fully saturated rings. The molecule has 1 unspecified atom stereocenters. The second kappa shape index (κ2) is 6.44. The van der Waals surface area contributed by atoms with Gasteiger partial charge in [-0.1, -0.05) is 48.5 Å². The number of aromatic nitrogens is 1. The number of likely N-dealkylation sites (tertiary alicyclic amines) is 1. The third-order valence-corrected chi connectivity index (χ3v) is 5.66. The summed E-state index contributed by atoms with van der Waals surface area (Å²) in [4.78, 5) is 19.5. The Hall–Kier alpha value is -2.76. The molecule has 2 atom stereocenters. The van der Waals surface area contributed by atoms with Crippen LogP contribution in [0, 0.1) is 0 Å².